The zero-order valence-electron chi connectivity index (χ0n) is 62.9. The third-order valence-corrected chi connectivity index (χ3v) is 19.2. The number of aromatic amines is 2. The molecule has 3 aromatic carbocycles. The molecule has 1 aliphatic heterocycles. The van der Waals surface area contributed by atoms with Crippen molar-refractivity contribution in [2.45, 2.75) is 165 Å². The number of H-pyrrole nitrogens is 2. The summed E-state index contributed by atoms with van der Waals surface area (Å²) in [5.74, 6) is -16.9. The van der Waals surface area contributed by atoms with Crippen LogP contribution in [-0.4, -0.2) is 220 Å². The van der Waals surface area contributed by atoms with Crippen LogP contribution in [0.2, 0.25) is 0 Å². The highest BCUT2D eigenvalue weighted by molar-refractivity contribution is 8.00. The Bertz CT molecular complexity index is 4140. The third kappa shape index (κ3) is 28.5. The number of aliphatic hydroxyl groups is 1. The Hall–Kier alpha value is -11.9. The van der Waals surface area contributed by atoms with Crippen LogP contribution in [0.3, 0.4) is 0 Å². The van der Waals surface area contributed by atoms with E-state index in [-0.39, 0.29) is 83.2 Å². The molecule has 0 saturated carbocycles. The van der Waals surface area contributed by atoms with Gasteiger partial charge in [-0.05, 0) is 92.1 Å². The summed E-state index contributed by atoms with van der Waals surface area (Å²) in [4.78, 5) is 206. The van der Waals surface area contributed by atoms with E-state index < -0.39 is 198 Å². The highest BCUT2D eigenvalue weighted by atomic mass is 32.2. The van der Waals surface area contributed by atoms with Gasteiger partial charge in [-0.3, -0.25) is 77.9 Å². The SMILES string of the molecule is CC(C)[C@@H]1NC(=O)[C@H](Cc2c[nH]c3ccccc23)NC(=O)[C@H](CCCCN)NC(=O)[C@H](C(C)C)NC(=O)[C@H](Cc2c[nH]c3ccccc23)NC(=O)[C@H](CC(N)=O)NC(=O)[C@@H](CCCNC(=N)N)NC(=O)CNC(=O)[C@H](CO)NC(=O)[C@H](CCCNC(=N)N)NC(=O)[C@H](Cc2ccccc2)NC(=O)CSC[C@@H](C(N)=O)NC1=O. The van der Waals surface area contributed by atoms with Crippen molar-refractivity contribution in [1.29, 1.82) is 10.8 Å². The summed E-state index contributed by atoms with van der Waals surface area (Å²) in [6.45, 7) is 4.57. The van der Waals surface area contributed by atoms with Crippen molar-refractivity contribution >= 4 is 128 Å². The number of amides is 14. The lowest BCUT2D eigenvalue weighted by Gasteiger charge is -2.29. The van der Waals surface area contributed by atoms with Gasteiger partial charge in [0, 0.05) is 72.3 Å². The van der Waals surface area contributed by atoms with Crippen molar-refractivity contribution in [3.63, 3.8) is 0 Å². The number of hydrogen-bond donors (Lipinski definition) is 24. The second-order valence-electron chi connectivity index (χ2n) is 27.7. The van der Waals surface area contributed by atoms with Crippen LogP contribution in [0, 0.1) is 22.7 Å². The molecular formula is C73H105N23O15S. The number of para-hydroxylation sites is 2. The Labute approximate surface area is 650 Å². The molecule has 1 aliphatic rings. The molecule has 1 fully saturated rings. The number of primary amides is 2. The minimum Gasteiger partial charge on any atom is -0.394 e. The van der Waals surface area contributed by atoms with Crippen LogP contribution in [0.5, 0.6) is 0 Å². The highest BCUT2D eigenvalue weighted by Crippen LogP contribution is 2.22. The van der Waals surface area contributed by atoms with E-state index in [0.717, 1.165) is 11.8 Å². The zero-order chi connectivity index (χ0) is 82.1. The Kier molecular flexibility index (Phi) is 35.5. The lowest BCUT2D eigenvalue weighted by atomic mass is 9.98. The molecule has 39 heteroatoms. The number of rotatable bonds is 24. The average molecular weight is 1580 g/mol. The van der Waals surface area contributed by atoms with Gasteiger partial charge in [-0.1, -0.05) is 94.4 Å². The smallest absolute Gasteiger partial charge is 0.245 e. The molecule has 1 saturated heterocycles. The first-order chi connectivity index (χ1) is 53.3. The first-order valence-electron chi connectivity index (χ1n) is 36.7. The number of aliphatic hydroxyl groups excluding tert-OH is 1. The fourth-order valence-corrected chi connectivity index (χ4v) is 13.0. The van der Waals surface area contributed by atoms with E-state index in [9.17, 15) is 62.6 Å². The molecule has 0 aliphatic carbocycles. The molecule has 0 spiro atoms. The van der Waals surface area contributed by atoms with Gasteiger partial charge in [0.15, 0.2) is 11.9 Å². The van der Waals surface area contributed by atoms with Crippen molar-refractivity contribution in [3.05, 3.63) is 108 Å². The summed E-state index contributed by atoms with van der Waals surface area (Å²) in [6.07, 6.45) is 1.90. The normalized spacial score (nSPS) is 22.8. The van der Waals surface area contributed by atoms with E-state index in [1.165, 1.54) is 0 Å². The number of nitrogens with two attached hydrogens (primary N) is 5. The monoisotopic (exact) mass is 1580 g/mol. The van der Waals surface area contributed by atoms with E-state index in [0.29, 0.717) is 44.9 Å². The molecule has 2 aromatic heterocycles. The maximum atomic E-state index is 15.0. The molecule has 0 unspecified atom stereocenters. The molecule has 0 radical (unpaired) electrons. The van der Waals surface area contributed by atoms with Gasteiger partial charge in [0.2, 0.25) is 82.7 Å². The first-order valence-corrected chi connectivity index (χ1v) is 37.9. The van der Waals surface area contributed by atoms with Crippen LogP contribution < -0.4 is 103 Å². The van der Waals surface area contributed by atoms with Crippen LogP contribution >= 0.6 is 11.8 Å². The number of nitrogens with one attached hydrogen (secondary N) is 18. The number of carbonyl (C=O) groups excluding carboxylic acids is 14. The van der Waals surface area contributed by atoms with Crippen LogP contribution in [-0.2, 0) is 86.4 Å². The number of benzene rings is 3. The largest absolute Gasteiger partial charge is 0.394 e. The van der Waals surface area contributed by atoms with Crippen LogP contribution in [0.25, 0.3) is 21.8 Å². The summed E-state index contributed by atoms with van der Waals surface area (Å²) in [5, 5.41) is 63.2. The summed E-state index contributed by atoms with van der Waals surface area (Å²) in [6, 6.07) is 5.38. The van der Waals surface area contributed by atoms with Gasteiger partial charge in [0.25, 0.3) is 0 Å². The molecular weight excluding hydrogens is 1470 g/mol. The minimum absolute atomic E-state index is 0.00925. The van der Waals surface area contributed by atoms with Gasteiger partial charge in [-0.2, -0.15) is 0 Å². The van der Waals surface area contributed by atoms with E-state index in [2.05, 4.69) is 84.4 Å². The molecule has 5 aromatic rings. The Balaban J connectivity index is 1.41. The summed E-state index contributed by atoms with van der Waals surface area (Å²) >= 11 is 0.837. The third-order valence-electron chi connectivity index (χ3n) is 18.2. The molecule has 3 heterocycles. The van der Waals surface area contributed by atoms with Crippen molar-refractivity contribution in [2.75, 3.05) is 44.3 Å². The second kappa shape index (κ2) is 44.7. The quantitative estimate of drug-likeness (QED) is 0.0157. The molecule has 608 valence electrons. The zero-order valence-corrected chi connectivity index (χ0v) is 63.7. The fraction of sp³-hybridized carbons (Fsp3) is 0.479. The van der Waals surface area contributed by atoms with Crippen molar-refractivity contribution in [3.8, 4) is 0 Å². The van der Waals surface area contributed by atoms with Gasteiger partial charge < -0.3 is 118 Å². The van der Waals surface area contributed by atoms with Gasteiger partial charge in [-0.15, -0.1) is 11.8 Å². The van der Waals surface area contributed by atoms with Crippen molar-refractivity contribution in [2.24, 2.45) is 40.5 Å². The first kappa shape index (κ1) is 89.0. The Morgan fingerprint density at radius 1 is 0.473 bits per heavy atom. The van der Waals surface area contributed by atoms with Gasteiger partial charge in [-0.25, -0.2) is 0 Å². The molecule has 11 atom stereocenters. The number of thioether (sulfide) groups is 1. The Morgan fingerprint density at radius 2 is 0.884 bits per heavy atom. The molecule has 6 rings (SSSR count). The summed E-state index contributed by atoms with van der Waals surface area (Å²) in [5.41, 5.74) is 31.4. The van der Waals surface area contributed by atoms with E-state index in [1.54, 1.807) is 119 Å². The maximum absolute atomic E-state index is 15.0. The molecule has 112 heavy (non-hydrogen) atoms. The van der Waals surface area contributed by atoms with E-state index >= 15 is 9.59 Å². The van der Waals surface area contributed by atoms with E-state index in [1.807, 2.05) is 0 Å². The van der Waals surface area contributed by atoms with Crippen LogP contribution in [0.15, 0.2) is 91.3 Å². The lowest BCUT2D eigenvalue weighted by molar-refractivity contribution is -0.137. The van der Waals surface area contributed by atoms with Crippen LogP contribution in [0.1, 0.15) is 95.8 Å². The predicted octanol–water partition coefficient (Wildman–Crippen LogP) is -4.81. The fourth-order valence-electron chi connectivity index (χ4n) is 12.2. The number of hydrogen-bond acceptors (Lipinski definition) is 19. The number of unbranched alkanes of at least 4 members (excludes halogenated alkanes) is 1. The molecule has 38 nitrogen and oxygen atoms in total. The molecule has 14 amide bonds. The predicted molar refractivity (Wildman–Crippen MR) is 417 cm³/mol. The molecule has 0 bridgehead atoms. The van der Waals surface area contributed by atoms with Crippen molar-refractivity contribution in [1.82, 2.24) is 84.4 Å². The number of guanidine groups is 2. The minimum atomic E-state index is -1.88. The van der Waals surface area contributed by atoms with Crippen molar-refractivity contribution < 1.29 is 72.2 Å². The number of aromatic nitrogens is 2. The number of carbonyl (C=O) groups is 14. The average Bonchev–Trinajstić information content (AvgIpc) is 1.63. The summed E-state index contributed by atoms with van der Waals surface area (Å²) in [7, 11) is 0. The van der Waals surface area contributed by atoms with Gasteiger partial charge in [0.1, 0.15) is 66.5 Å². The van der Waals surface area contributed by atoms with Crippen LogP contribution in [0.4, 0.5) is 0 Å². The lowest BCUT2D eigenvalue weighted by Crippen LogP contribution is -2.62. The highest BCUT2D eigenvalue weighted by Gasteiger charge is 2.38. The molecule has 29 N–H and O–H groups in total. The van der Waals surface area contributed by atoms with Gasteiger partial charge in [0.05, 0.1) is 25.3 Å². The maximum Gasteiger partial charge on any atom is 0.245 e. The Morgan fingerprint density at radius 3 is 1.37 bits per heavy atom. The van der Waals surface area contributed by atoms with Gasteiger partial charge >= 0.3 is 0 Å². The number of fused-ring (bicyclic) bond motifs is 2. The second-order valence-corrected chi connectivity index (χ2v) is 28.7. The standard InChI is InChI=1S/C73H105N23O15S/c1-38(2)59-70(110)89-48(22-12-13-25-74)64(104)90-51(29-41-32-83-45-20-10-8-18-43(41)45)68(108)96-60(39(3)4)71(111)94-55(61(76)101)36-112-37-58(100)87-50(28-40-16-6-5-7-17-40)66(106)88-49(24-15-27-82-73(79)80)65(105)93-54(35-97)62(102)85-34-57(99)86-47(23-14-26-81-72(77)78)63(103)92-53(31-56(75)98)67(107)91-52(69(109)95-59)30-42-33-84-46-21-11-9-19-44(42)46/h5-11,16-21,32-33,38-39,47-55,59-60,83-84,97H,12-15,22-31,34-37,74H2,1-4H3,(H2,75,98)(H2,76,101)(H,85,102)(H,86,99)(H,87,100)(H,88,106)(H,89,110)(H,90,104)(H,91,107)(H,92,103)(H,93,105)(H,94,111)(H,95,109)(H,96,108)(H4,77,78,81)(H4,79,80,82)/t47-,48+,49+,50+,51+,52+,53+,54+,55+,59+,60+/m1/s1. The summed E-state index contributed by atoms with van der Waals surface area (Å²) < 4.78 is 0. The van der Waals surface area contributed by atoms with E-state index in [4.69, 9.17) is 39.5 Å². The topological polar surface area (TPSA) is 637 Å².